The third-order valence-electron chi connectivity index (χ3n) is 3.55. The molecule has 1 fully saturated rings. The van der Waals surface area contributed by atoms with Crippen LogP contribution >= 0.6 is 28.3 Å². The van der Waals surface area contributed by atoms with Gasteiger partial charge in [0.15, 0.2) is 0 Å². The van der Waals surface area contributed by atoms with Gasteiger partial charge >= 0.3 is 0 Å². The molecule has 0 aromatic heterocycles. The fourth-order valence-electron chi connectivity index (χ4n) is 2.22. The zero-order valence-electron chi connectivity index (χ0n) is 12.1. The first-order valence-electron chi connectivity index (χ1n) is 6.55. The van der Waals surface area contributed by atoms with Crippen molar-refractivity contribution in [1.29, 1.82) is 0 Å². The molecule has 120 valence electrons. The van der Waals surface area contributed by atoms with Gasteiger partial charge in [-0.2, -0.15) is 4.31 Å². The molecule has 1 saturated heterocycles. The third-order valence-corrected chi connectivity index (χ3v) is 6.44. The van der Waals surface area contributed by atoms with Gasteiger partial charge in [0, 0.05) is 43.4 Å². The van der Waals surface area contributed by atoms with E-state index in [0.717, 1.165) is 5.69 Å². The van der Waals surface area contributed by atoms with E-state index in [0.29, 0.717) is 35.3 Å². The Morgan fingerprint density at radius 1 is 1.29 bits per heavy atom. The van der Waals surface area contributed by atoms with Crippen molar-refractivity contribution in [2.75, 3.05) is 32.1 Å². The van der Waals surface area contributed by atoms with Crippen LogP contribution in [0.1, 0.15) is 12.8 Å². The van der Waals surface area contributed by atoms with Crippen molar-refractivity contribution in [2.45, 2.75) is 23.8 Å². The number of hydrogen-bond acceptors (Lipinski definition) is 4. The smallest absolute Gasteiger partial charge is 0.244 e. The maximum absolute atomic E-state index is 12.7. The molecule has 1 aliphatic rings. The summed E-state index contributed by atoms with van der Waals surface area (Å²) in [6.45, 7) is 0.976. The maximum atomic E-state index is 12.7. The number of hydrogen-bond donors (Lipinski definition) is 1. The highest BCUT2D eigenvalue weighted by molar-refractivity contribution is 9.10. The van der Waals surface area contributed by atoms with Crippen LogP contribution in [0.3, 0.4) is 0 Å². The molecule has 0 aliphatic carbocycles. The molecule has 2 N–H and O–H groups in total. The Morgan fingerprint density at radius 3 is 2.38 bits per heavy atom. The summed E-state index contributed by atoms with van der Waals surface area (Å²) in [4.78, 5) is 2.21. The molecule has 2 rings (SSSR count). The molecular formula is C13H21BrClN3O2S. The second-order valence-corrected chi connectivity index (χ2v) is 8.01. The number of sulfonamides is 1. The zero-order chi connectivity index (χ0) is 14.9. The Kier molecular flexibility index (Phi) is 6.49. The molecule has 0 radical (unpaired) electrons. The predicted octanol–water partition coefficient (Wildman–Crippen LogP) is 2.05. The summed E-state index contributed by atoms with van der Waals surface area (Å²) in [5.41, 5.74) is 6.70. The third kappa shape index (κ3) is 4.10. The van der Waals surface area contributed by atoms with Gasteiger partial charge < -0.3 is 10.6 Å². The second-order valence-electron chi connectivity index (χ2n) is 5.25. The molecule has 0 bridgehead atoms. The summed E-state index contributed by atoms with van der Waals surface area (Å²) < 4.78 is 27.6. The van der Waals surface area contributed by atoms with Crippen LogP contribution in [0, 0.1) is 0 Å². The van der Waals surface area contributed by atoms with Crippen molar-refractivity contribution in [2.24, 2.45) is 5.73 Å². The monoisotopic (exact) mass is 397 g/mol. The molecule has 8 heteroatoms. The standard InChI is InChI=1S/C13H20BrN3O2S.ClH/c1-16(2)11-3-4-12(14)13(9-11)20(18,19)17-7-5-10(15)6-8-17;/h3-4,9-10H,5-8,15H2,1-2H3;1H. The number of piperidine rings is 1. The minimum Gasteiger partial charge on any atom is -0.378 e. The van der Waals surface area contributed by atoms with Crippen molar-refractivity contribution >= 4 is 44.0 Å². The topological polar surface area (TPSA) is 66.6 Å². The Bertz CT molecular complexity index is 587. The number of rotatable bonds is 3. The normalized spacial score (nSPS) is 17.3. The van der Waals surface area contributed by atoms with Gasteiger partial charge in [-0.25, -0.2) is 8.42 Å². The van der Waals surface area contributed by atoms with Gasteiger partial charge in [0.25, 0.3) is 0 Å². The summed E-state index contributed by atoms with van der Waals surface area (Å²) in [7, 11) is 0.309. The Hall–Kier alpha value is -0.340. The Balaban J connectivity index is 0.00000220. The summed E-state index contributed by atoms with van der Waals surface area (Å²) >= 11 is 3.34. The van der Waals surface area contributed by atoms with Gasteiger partial charge in [-0.15, -0.1) is 12.4 Å². The first-order chi connectivity index (χ1) is 9.32. The number of nitrogens with two attached hydrogens (primary N) is 1. The van der Waals surface area contributed by atoms with Crippen molar-refractivity contribution in [3.8, 4) is 0 Å². The minimum absolute atomic E-state index is 0. The van der Waals surface area contributed by atoms with Gasteiger partial charge in [0.05, 0.1) is 4.90 Å². The van der Waals surface area contributed by atoms with Crippen LogP contribution in [0.15, 0.2) is 27.6 Å². The van der Waals surface area contributed by atoms with Crippen molar-refractivity contribution < 1.29 is 8.42 Å². The lowest BCUT2D eigenvalue weighted by atomic mass is 10.1. The van der Waals surface area contributed by atoms with Crippen molar-refractivity contribution in [3.63, 3.8) is 0 Å². The van der Waals surface area contributed by atoms with E-state index in [2.05, 4.69) is 15.9 Å². The lowest BCUT2D eigenvalue weighted by Crippen LogP contribution is -2.42. The van der Waals surface area contributed by atoms with Gasteiger partial charge in [-0.3, -0.25) is 0 Å². The van der Waals surface area contributed by atoms with Crippen LogP contribution in [0.5, 0.6) is 0 Å². The maximum Gasteiger partial charge on any atom is 0.244 e. The summed E-state index contributed by atoms with van der Waals surface area (Å²) in [5.74, 6) is 0. The number of nitrogens with zero attached hydrogens (tertiary/aromatic N) is 2. The molecule has 1 aliphatic heterocycles. The lowest BCUT2D eigenvalue weighted by molar-refractivity contribution is 0.320. The molecule has 0 amide bonds. The van der Waals surface area contributed by atoms with Crippen molar-refractivity contribution in [1.82, 2.24) is 4.31 Å². The van der Waals surface area contributed by atoms with E-state index in [1.165, 1.54) is 4.31 Å². The van der Waals surface area contributed by atoms with E-state index in [1.807, 2.05) is 25.1 Å². The van der Waals surface area contributed by atoms with E-state index in [-0.39, 0.29) is 18.4 Å². The first kappa shape index (κ1) is 18.7. The predicted molar refractivity (Wildman–Crippen MR) is 91.7 cm³/mol. The van der Waals surface area contributed by atoms with Gasteiger partial charge in [-0.1, -0.05) is 0 Å². The zero-order valence-corrected chi connectivity index (χ0v) is 15.3. The van der Waals surface area contributed by atoms with E-state index in [4.69, 9.17) is 5.73 Å². The van der Waals surface area contributed by atoms with Crippen LogP contribution in [0.2, 0.25) is 0 Å². The molecule has 0 spiro atoms. The van der Waals surface area contributed by atoms with Crippen LogP contribution in [0.4, 0.5) is 5.69 Å². The van der Waals surface area contributed by atoms with E-state index < -0.39 is 10.0 Å². The Labute approximate surface area is 141 Å². The SMILES string of the molecule is CN(C)c1ccc(Br)c(S(=O)(=O)N2CCC(N)CC2)c1.Cl. The highest BCUT2D eigenvalue weighted by Gasteiger charge is 2.30. The lowest BCUT2D eigenvalue weighted by Gasteiger charge is -2.29. The van der Waals surface area contributed by atoms with Crippen LogP contribution < -0.4 is 10.6 Å². The van der Waals surface area contributed by atoms with Gasteiger partial charge in [0.2, 0.25) is 10.0 Å². The fourth-order valence-corrected chi connectivity index (χ4v) is 4.64. The molecule has 1 aromatic rings. The summed E-state index contributed by atoms with van der Waals surface area (Å²) in [6.07, 6.45) is 1.43. The van der Waals surface area contributed by atoms with Crippen LogP contribution in [-0.4, -0.2) is 45.9 Å². The molecule has 1 heterocycles. The minimum atomic E-state index is -3.47. The average Bonchev–Trinajstić information content (AvgIpc) is 2.39. The van der Waals surface area contributed by atoms with E-state index >= 15 is 0 Å². The largest absolute Gasteiger partial charge is 0.378 e. The molecule has 5 nitrogen and oxygen atoms in total. The van der Waals surface area contributed by atoms with Crippen LogP contribution in [-0.2, 0) is 10.0 Å². The second kappa shape index (κ2) is 7.28. The Morgan fingerprint density at radius 2 is 1.86 bits per heavy atom. The molecule has 21 heavy (non-hydrogen) atoms. The highest BCUT2D eigenvalue weighted by atomic mass is 79.9. The molecular weight excluding hydrogens is 378 g/mol. The fraction of sp³-hybridized carbons (Fsp3) is 0.538. The van der Waals surface area contributed by atoms with Crippen molar-refractivity contribution in [3.05, 3.63) is 22.7 Å². The number of anilines is 1. The molecule has 0 saturated carbocycles. The van der Waals surface area contributed by atoms with E-state index in [1.54, 1.807) is 12.1 Å². The van der Waals surface area contributed by atoms with E-state index in [9.17, 15) is 8.42 Å². The number of benzene rings is 1. The van der Waals surface area contributed by atoms with Gasteiger partial charge in [0.1, 0.15) is 0 Å². The first-order valence-corrected chi connectivity index (χ1v) is 8.78. The number of halogens is 2. The molecule has 0 atom stereocenters. The molecule has 1 aromatic carbocycles. The van der Waals surface area contributed by atoms with Gasteiger partial charge in [-0.05, 0) is 47.0 Å². The highest BCUT2D eigenvalue weighted by Crippen LogP contribution is 2.30. The summed E-state index contributed by atoms with van der Waals surface area (Å²) in [5, 5.41) is 0. The van der Waals surface area contributed by atoms with Crippen LogP contribution in [0.25, 0.3) is 0 Å². The molecule has 0 unspecified atom stereocenters. The average molecular weight is 399 g/mol. The summed E-state index contributed by atoms with van der Waals surface area (Å²) in [6, 6.07) is 5.47. The quantitative estimate of drug-likeness (QED) is 0.846.